The van der Waals surface area contributed by atoms with E-state index in [1.807, 2.05) is 54.6 Å². The predicted molar refractivity (Wildman–Crippen MR) is 148 cm³/mol. The number of benzene rings is 3. The number of hydrogen-bond acceptors (Lipinski definition) is 8. The fourth-order valence-corrected chi connectivity index (χ4v) is 4.88. The summed E-state index contributed by atoms with van der Waals surface area (Å²) in [6.07, 6.45) is 1.63. The van der Waals surface area contributed by atoms with Crippen molar-refractivity contribution in [1.29, 1.82) is 0 Å². The molecule has 0 radical (unpaired) electrons. The molecule has 5 aromatic rings. The zero-order valence-corrected chi connectivity index (χ0v) is 21.8. The van der Waals surface area contributed by atoms with Crippen LogP contribution in [0.25, 0.3) is 21.7 Å². The summed E-state index contributed by atoms with van der Waals surface area (Å²) in [6, 6.07) is 20.1. The fraction of sp³-hybridized carbons (Fsp3) is 0.226. The maximum atomic E-state index is 13.1. The minimum atomic E-state index is -0.642. The predicted octanol–water partition coefficient (Wildman–Crippen LogP) is 5.42. The molecule has 0 aliphatic rings. The zero-order chi connectivity index (χ0) is 27.4. The summed E-state index contributed by atoms with van der Waals surface area (Å²) in [5.41, 5.74) is 2.90. The number of aromatic nitrogens is 1. The Hall–Kier alpha value is -4.40. The molecular weight excluding hydrogens is 496 g/mol. The van der Waals surface area contributed by atoms with Crippen molar-refractivity contribution in [1.82, 2.24) is 10.3 Å². The Morgan fingerprint density at radius 1 is 1.08 bits per heavy atom. The molecule has 0 spiro atoms. The quantitative estimate of drug-likeness (QED) is 0.207. The highest BCUT2D eigenvalue weighted by Crippen LogP contribution is 2.45. The minimum absolute atomic E-state index is 0.00320. The summed E-state index contributed by atoms with van der Waals surface area (Å²) < 4.78 is 17.5. The number of phenolic OH excluding ortho intramolecular Hbond substituents is 1. The van der Waals surface area contributed by atoms with Crippen molar-refractivity contribution < 1.29 is 28.9 Å². The molecule has 5 rings (SSSR count). The van der Waals surface area contributed by atoms with Gasteiger partial charge in [-0.3, -0.25) is 0 Å². The molecule has 0 amide bonds. The molecule has 39 heavy (non-hydrogen) atoms. The normalized spacial score (nSPS) is 12.1. The standard InChI is InChI=1S/C31H30N2O6/c1-3-37-31(36)25-19(2)39-30-23-12-8-7-11-22(23)29(35)27(26(25)30)28(33-15-16-34)21-13-14-32-24(17-21)38-18-20-9-5-4-6-10-20/h4-14,17,28,33-35H,3,15-16,18H2,1-2H3. The van der Waals surface area contributed by atoms with Crippen molar-refractivity contribution in [2.24, 2.45) is 0 Å². The highest BCUT2D eigenvalue weighted by atomic mass is 16.5. The number of aryl methyl sites for hydroxylation is 1. The van der Waals surface area contributed by atoms with Gasteiger partial charge in [0.15, 0.2) is 0 Å². The summed E-state index contributed by atoms with van der Waals surface area (Å²) in [5, 5.41) is 26.4. The third kappa shape index (κ3) is 5.16. The maximum absolute atomic E-state index is 13.1. The molecule has 0 fully saturated rings. The van der Waals surface area contributed by atoms with Gasteiger partial charge < -0.3 is 29.4 Å². The Kier molecular flexibility index (Phi) is 7.76. The zero-order valence-electron chi connectivity index (χ0n) is 21.8. The third-order valence-corrected chi connectivity index (χ3v) is 6.59. The van der Waals surface area contributed by atoms with Crippen molar-refractivity contribution in [3.63, 3.8) is 0 Å². The molecule has 2 aromatic heterocycles. The largest absolute Gasteiger partial charge is 0.507 e. The molecule has 2 heterocycles. The Morgan fingerprint density at radius 3 is 2.56 bits per heavy atom. The summed E-state index contributed by atoms with van der Waals surface area (Å²) >= 11 is 0. The minimum Gasteiger partial charge on any atom is -0.507 e. The molecule has 0 aliphatic heterocycles. The lowest BCUT2D eigenvalue weighted by Crippen LogP contribution is -2.26. The van der Waals surface area contributed by atoms with Crippen LogP contribution >= 0.6 is 0 Å². The SMILES string of the molecule is CCOC(=O)c1c(C)oc2c1c(C(NCCO)c1ccnc(OCc3ccccc3)c1)c(O)c1ccccc12. The summed E-state index contributed by atoms with van der Waals surface area (Å²) in [5.74, 6) is 0.260. The van der Waals surface area contributed by atoms with Crippen molar-refractivity contribution >= 4 is 27.7 Å². The molecule has 3 N–H and O–H groups in total. The Morgan fingerprint density at radius 2 is 1.82 bits per heavy atom. The lowest BCUT2D eigenvalue weighted by molar-refractivity contribution is 0.0526. The summed E-state index contributed by atoms with van der Waals surface area (Å²) in [7, 11) is 0. The van der Waals surface area contributed by atoms with E-state index in [0.717, 1.165) is 11.1 Å². The number of carbonyl (C=O) groups excluding carboxylic acids is 1. The van der Waals surface area contributed by atoms with Crippen LogP contribution < -0.4 is 10.1 Å². The van der Waals surface area contributed by atoms with E-state index in [-0.39, 0.29) is 31.1 Å². The highest BCUT2D eigenvalue weighted by molar-refractivity contribution is 6.16. The number of aliphatic hydroxyl groups excluding tert-OH is 1. The molecule has 0 bridgehead atoms. The van der Waals surface area contributed by atoms with Gasteiger partial charge in [-0.05, 0) is 31.0 Å². The number of aromatic hydroxyl groups is 1. The second kappa shape index (κ2) is 11.6. The fourth-order valence-electron chi connectivity index (χ4n) is 4.88. The number of aliphatic hydroxyl groups is 1. The highest BCUT2D eigenvalue weighted by Gasteiger charge is 2.31. The van der Waals surface area contributed by atoms with Crippen LogP contribution in [-0.2, 0) is 11.3 Å². The number of nitrogens with zero attached hydrogens (tertiary/aromatic N) is 1. The van der Waals surface area contributed by atoms with Crippen molar-refractivity contribution in [3.8, 4) is 11.6 Å². The van der Waals surface area contributed by atoms with Crippen molar-refractivity contribution in [2.45, 2.75) is 26.5 Å². The second-order valence-electron chi connectivity index (χ2n) is 9.08. The molecular formula is C31H30N2O6. The molecule has 0 saturated heterocycles. The molecule has 8 nitrogen and oxygen atoms in total. The molecule has 0 aliphatic carbocycles. The van der Waals surface area contributed by atoms with Crippen LogP contribution in [0.2, 0.25) is 0 Å². The van der Waals surface area contributed by atoms with Gasteiger partial charge in [0.25, 0.3) is 0 Å². The Labute approximate surface area is 225 Å². The number of furan rings is 1. The monoisotopic (exact) mass is 526 g/mol. The molecule has 1 atom stereocenters. The van der Waals surface area contributed by atoms with Gasteiger partial charge in [0, 0.05) is 40.5 Å². The van der Waals surface area contributed by atoms with E-state index in [4.69, 9.17) is 13.9 Å². The second-order valence-corrected chi connectivity index (χ2v) is 9.08. The van der Waals surface area contributed by atoms with E-state index in [0.29, 0.717) is 45.6 Å². The molecule has 3 aromatic carbocycles. The van der Waals surface area contributed by atoms with Crippen LogP contribution in [-0.4, -0.2) is 40.9 Å². The van der Waals surface area contributed by atoms with Crippen LogP contribution in [0.3, 0.4) is 0 Å². The number of nitrogens with one attached hydrogen (secondary N) is 1. The number of phenols is 1. The Balaban J connectivity index is 1.70. The first-order valence-electron chi connectivity index (χ1n) is 12.8. The van der Waals surface area contributed by atoms with Crippen LogP contribution in [0.5, 0.6) is 11.6 Å². The average Bonchev–Trinajstić information content (AvgIpc) is 3.31. The van der Waals surface area contributed by atoms with Gasteiger partial charge in [-0.25, -0.2) is 9.78 Å². The molecule has 200 valence electrons. The molecule has 8 heteroatoms. The first-order valence-corrected chi connectivity index (χ1v) is 12.8. The molecule has 1 unspecified atom stereocenters. The van der Waals surface area contributed by atoms with Gasteiger partial charge in [-0.15, -0.1) is 0 Å². The van der Waals surface area contributed by atoms with E-state index in [2.05, 4.69) is 10.3 Å². The number of carbonyl (C=O) groups is 1. The summed E-state index contributed by atoms with van der Waals surface area (Å²) in [6.45, 7) is 4.07. The topological polar surface area (TPSA) is 114 Å². The lowest BCUT2D eigenvalue weighted by atomic mass is 9.90. The molecule has 0 saturated carbocycles. The van der Waals surface area contributed by atoms with Gasteiger partial charge in [-0.2, -0.15) is 0 Å². The maximum Gasteiger partial charge on any atom is 0.342 e. The number of pyridine rings is 1. The van der Waals surface area contributed by atoms with E-state index in [1.54, 1.807) is 32.2 Å². The number of esters is 1. The van der Waals surface area contributed by atoms with Gasteiger partial charge in [-0.1, -0.05) is 54.6 Å². The van der Waals surface area contributed by atoms with Gasteiger partial charge in [0.05, 0.1) is 19.3 Å². The average molecular weight is 527 g/mol. The number of ether oxygens (including phenoxy) is 2. The number of rotatable bonds is 10. The van der Waals surface area contributed by atoms with Gasteiger partial charge in [0.2, 0.25) is 5.88 Å². The van der Waals surface area contributed by atoms with Crippen LogP contribution in [0.15, 0.2) is 77.3 Å². The lowest BCUT2D eigenvalue weighted by Gasteiger charge is -2.23. The third-order valence-electron chi connectivity index (χ3n) is 6.59. The van der Waals surface area contributed by atoms with Gasteiger partial charge in [0.1, 0.15) is 29.3 Å². The van der Waals surface area contributed by atoms with Crippen molar-refractivity contribution in [3.05, 3.63) is 101 Å². The van der Waals surface area contributed by atoms with Crippen LogP contribution in [0.1, 0.15) is 45.8 Å². The number of fused-ring (bicyclic) bond motifs is 3. The van der Waals surface area contributed by atoms with E-state index >= 15 is 0 Å². The van der Waals surface area contributed by atoms with E-state index in [1.165, 1.54) is 0 Å². The smallest absolute Gasteiger partial charge is 0.342 e. The van der Waals surface area contributed by atoms with Crippen LogP contribution in [0, 0.1) is 6.92 Å². The first-order chi connectivity index (χ1) is 19.0. The van der Waals surface area contributed by atoms with E-state index in [9.17, 15) is 15.0 Å². The van der Waals surface area contributed by atoms with E-state index < -0.39 is 12.0 Å². The van der Waals surface area contributed by atoms with Gasteiger partial charge >= 0.3 is 5.97 Å². The van der Waals surface area contributed by atoms with Crippen LogP contribution in [0.4, 0.5) is 0 Å². The van der Waals surface area contributed by atoms with Crippen molar-refractivity contribution in [2.75, 3.05) is 19.8 Å². The first kappa shape index (κ1) is 26.2. The summed E-state index contributed by atoms with van der Waals surface area (Å²) in [4.78, 5) is 17.5. The number of hydrogen-bond donors (Lipinski definition) is 3. The Bertz CT molecular complexity index is 1610.